The van der Waals surface area contributed by atoms with Gasteiger partial charge < -0.3 is 29.1 Å². The number of benzene rings is 3. The first kappa shape index (κ1) is 25.6. The standard InChI is InChI=1S/C29H30N2O6/c1-30(2)20-13-11-19(12-14-20)26-25(27(32)24-22(36-4)7-6-8-23(24)37-5)28(33)29(34)31(26)17-18-9-15-21(35-3)16-10-18/h6-16,26,32H,17H2,1-5H3/b27-25+. The van der Waals surface area contributed by atoms with Crippen LogP contribution in [0.15, 0.2) is 72.3 Å². The Hall–Kier alpha value is -4.46. The third kappa shape index (κ3) is 4.82. The van der Waals surface area contributed by atoms with Gasteiger partial charge in [-0.1, -0.05) is 30.3 Å². The van der Waals surface area contributed by atoms with Crippen molar-refractivity contribution < 1.29 is 28.9 Å². The van der Waals surface area contributed by atoms with E-state index in [0.29, 0.717) is 22.8 Å². The van der Waals surface area contributed by atoms with E-state index in [2.05, 4.69) is 0 Å². The molecule has 37 heavy (non-hydrogen) atoms. The van der Waals surface area contributed by atoms with Crippen LogP contribution in [0.25, 0.3) is 5.76 Å². The molecule has 4 rings (SSSR count). The van der Waals surface area contributed by atoms with Gasteiger partial charge in [0.1, 0.15) is 28.6 Å². The minimum atomic E-state index is -0.826. The zero-order chi connectivity index (χ0) is 26.7. The molecule has 192 valence electrons. The van der Waals surface area contributed by atoms with Gasteiger partial charge >= 0.3 is 0 Å². The van der Waals surface area contributed by atoms with Crippen molar-refractivity contribution in [1.29, 1.82) is 0 Å². The number of nitrogens with zero attached hydrogens (tertiary/aromatic N) is 2. The SMILES string of the molecule is COc1ccc(CN2C(=O)C(=O)/C(=C(/O)c3c(OC)cccc3OC)C2c2ccc(N(C)C)cc2)cc1. The van der Waals surface area contributed by atoms with E-state index in [1.54, 1.807) is 37.4 Å². The Balaban J connectivity index is 1.90. The Morgan fingerprint density at radius 2 is 1.46 bits per heavy atom. The van der Waals surface area contributed by atoms with Crippen LogP contribution in [0.4, 0.5) is 5.69 Å². The molecule has 0 spiro atoms. The molecule has 8 heteroatoms. The largest absolute Gasteiger partial charge is 0.506 e. The van der Waals surface area contributed by atoms with Gasteiger partial charge in [0, 0.05) is 26.3 Å². The van der Waals surface area contributed by atoms with Crippen LogP contribution in [0.1, 0.15) is 22.7 Å². The summed E-state index contributed by atoms with van der Waals surface area (Å²) in [5.41, 5.74) is 2.65. The first-order valence-corrected chi connectivity index (χ1v) is 11.7. The Morgan fingerprint density at radius 1 is 0.865 bits per heavy atom. The van der Waals surface area contributed by atoms with E-state index in [-0.39, 0.29) is 23.4 Å². The molecule has 1 unspecified atom stereocenters. The first-order valence-electron chi connectivity index (χ1n) is 11.7. The second-order valence-corrected chi connectivity index (χ2v) is 8.80. The summed E-state index contributed by atoms with van der Waals surface area (Å²) in [6.45, 7) is 0.161. The van der Waals surface area contributed by atoms with Gasteiger partial charge in [0.05, 0.1) is 32.9 Å². The molecule has 0 bridgehead atoms. The highest BCUT2D eigenvalue weighted by atomic mass is 16.5. The molecular formula is C29H30N2O6. The molecular weight excluding hydrogens is 472 g/mol. The lowest BCUT2D eigenvalue weighted by molar-refractivity contribution is -0.140. The lowest BCUT2D eigenvalue weighted by Crippen LogP contribution is -2.29. The van der Waals surface area contributed by atoms with Crippen LogP contribution in [0.3, 0.4) is 0 Å². The summed E-state index contributed by atoms with van der Waals surface area (Å²) in [5, 5.41) is 11.6. The van der Waals surface area contributed by atoms with Crippen molar-refractivity contribution >= 4 is 23.1 Å². The average molecular weight is 503 g/mol. The second-order valence-electron chi connectivity index (χ2n) is 8.80. The fraction of sp³-hybridized carbons (Fsp3) is 0.241. The predicted octanol–water partition coefficient (Wildman–Crippen LogP) is 4.40. The summed E-state index contributed by atoms with van der Waals surface area (Å²) in [6, 6.07) is 19.0. The van der Waals surface area contributed by atoms with Gasteiger partial charge in [-0.15, -0.1) is 0 Å². The summed E-state index contributed by atoms with van der Waals surface area (Å²) in [6.07, 6.45) is 0. The van der Waals surface area contributed by atoms with E-state index in [0.717, 1.165) is 11.3 Å². The van der Waals surface area contributed by atoms with E-state index in [4.69, 9.17) is 14.2 Å². The first-order chi connectivity index (χ1) is 17.8. The Labute approximate surface area is 216 Å². The fourth-order valence-electron chi connectivity index (χ4n) is 4.49. The third-order valence-electron chi connectivity index (χ3n) is 6.44. The monoisotopic (exact) mass is 502 g/mol. The number of hydrogen-bond acceptors (Lipinski definition) is 7. The normalized spacial score (nSPS) is 16.6. The average Bonchev–Trinajstić information content (AvgIpc) is 3.17. The number of amides is 1. The number of ether oxygens (including phenoxy) is 3. The van der Waals surface area contributed by atoms with Gasteiger partial charge in [0.2, 0.25) is 0 Å². The van der Waals surface area contributed by atoms with Crippen molar-refractivity contribution in [3.63, 3.8) is 0 Å². The van der Waals surface area contributed by atoms with Crippen LogP contribution in [0, 0.1) is 0 Å². The molecule has 0 aliphatic carbocycles. The second kappa shape index (κ2) is 10.7. The molecule has 8 nitrogen and oxygen atoms in total. The van der Waals surface area contributed by atoms with Gasteiger partial charge in [0.15, 0.2) is 0 Å². The van der Waals surface area contributed by atoms with E-state index < -0.39 is 17.7 Å². The van der Waals surface area contributed by atoms with E-state index >= 15 is 0 Å². The highest BCUT2D eigenvalue weighted by molar-refractivity contribution is 6.46. The molecule has 0 aromatic heterocycles. The number of Topliss-reactive ketones (excluding diaryl/α,β-unsaturated/α-hetero) is 1. The number of rotatable bonds is 8. The predicted molar refractivity (Wildman–Crippen MR) is 141 cm³/mol. The molecule has 1 aliphatic rings. The minimum Gasteiger partial charge on any atom is -0.506 e. The van der Waals surface area contributed by atoms with Gasteiger partial charge in [-0.3, -0.25) is 9.59 Å². The van der Waals surface area contributed by atoms with Crippen molar-refractivity contribution in [3.05, 3.63) is 89.0 Å². The molecule has 0 radical (unpaired) electrons. The van der Waals surface area contributed by atoms with Gasteiger partial charge in [-0.2, -0.15) is 0 Å². The van der Waals surface area contributed by atoms with Crippen molar-refractivity contribution in [1.82, 2.24) is 4.90 Å². The number of ketones is 1. The van der Waals surface area contributed by atoms with Crippen molar-refractivity contribution in [2.24, 2.45) is 0 Å². The maximum absolute atomic E-state index is 13.5. The zero-order valence-corrected chi connectivity index (χ0v) is 21.5. The van der Waals surface area contributed by atoms with Gasteiger partial charge in [-0.25, -0.2) is 0 Å². The Bertz CT molecular complexity index is 1310. The minimum absolute atomic E-state index is 0.0288. The van der Waals surface area contributed by atoms with Crippen molar-refractivity contribution in [2.75, 3.05) is 40.3 Å². The molecule has 3 aromatic rings. The maximum Gasteiger partial charge on any atom is 0.295 e. The third-order valence-corrected chi connectivity index (χ3v) is 6.44. The Kier molecular flexibility index (Phi) is 7.38. The lowest BCUT2D eigenvalue weighted by atomic mass is 9.94. The molecule has 1 atom stereocenters. The van der Waals surface area contributed by atoms with E-state index in [1.807, 2.05) is 55.4 Å². The highest BCUT2D eigenvalue weighted by Crippen LogP contribution is 2.44. The van der Waals surface area contributed by atoms with Gasteiger partial charge in [-0.05, 0) is 47.5 Å². The smallest absolute Gasteiger partial charge is 0.295 e. The van der Waals surface area contributed by atoms with Crippen LogP contribution in [0.5, 0.6) is 17.2 Å². The zero-order valence-electron chi connectivity index (χ0n) is 21.5. The number of carbonyl (C=O) groups is 2. The van der Waals surface area contributed by atoms with Crippen LogP contribution in [-0.2, 0) is 16.1 Å². The quantitative estimate of drug-likeness (QED) is 0.277. The van der Waals surface area contributed by atoms with E-state index in [1.165, 1.54) is 19.1 Å². The van der Waals surface area contributed by atoms with Crippen molar-refractivity contribution in [2.45, 2.75) is 12.6 Å². The summed E-state index contributed by atoms with van der Waals surface area (Å²) in [4.78, 5) is 30.3. The van der Waals surface area contributed by atoms with Crippen LogP contribution in [-0.4, -0.2) is 57.1 Å². The highest BCUT2D eigenvalue weighted by Gasteiger charge is 2.46. The molecule has 3 aromatic carbocycles. The number of aliphatic hydroxyl groups excluding tert-OH is 1. The Morgan fingerprint density at radius 3 is 1.97 bits per heavy atom. The summed E-state index contributed by atoms with van der Waals surface area (Å²) in [7, 11) is 8.37. The molecule has 1 N–H and O–H groups in total. The molecule has 1 fully saturated rings. The number of hydrogen-bond donors (Lipinski definition) is 1. The molecule has 1 saturated heterocycles. The summed E-state index contributed by atoms with van der Waals surface area (Å²) >= 11 is 0. The van der Waals surface area contributed by atoms with Crippen LogP contribution >= 0.6 is 0 Å². The number of anilines is 1. The fourth-order valence-corrected chi connectivity index (χ4v) is 4.49. The lowest BCUT2D eigenvalue weighted by Gasteiger charge is -2.26. The number of carbonyl (C=O) groups excluding carboxylic acids is 2. The van der Waals surface area contributed by atoms with Crippen LogP contribution in [0.2, 0.25) is 0 Å². The van der Waals surface area contributed by atoms with Crippen molar-refractivity contribution in [3.8, 4) is 17.2 Å². The number of aliphatic hydroxyl groups is 1. The topological polar surface area (TPSA) is 88.5 Å². The molecule has 0 saturated carbocycles. The molecule has 1 aliphatic heterocycles. The van der Waals surface area contributed by atoms with Gasteiger partial charge in [0.25, 0.3) is 11.7 Å². The van der Waals surface area contributed by atoms with E-state index in [9.17, 15) is 14.7 Å². The summed E-state index contributed by atoms with van der Waals surface area (Å²) < 4.78 is 16.1. The molecule has 1 amide bonds. The number of methoxy groups -OCH3 is 3. The van der Waals surface area contributed by atoms with Crippen LogP contribution < -0.4 is 19.1 Å². The number of likely N-dealkylation sites (tertiary alicyclic amines) is 1. The summed E-state index contributed by atoms with van der Waals surface area (Å²) in [5.74, 6) is -0.509. The molecule has 1 heterocycles. The maximum atomic E-state index is 13.5.